The van der Waals surface area contributed by atoms with Crippen molar-refractivity contribution >= 4 is 17.4 Å². The summed E-state index contributed by atoms with van der Waals surface area (Å²) in [5.41, 5.74) is 1.76. The maximum absolute atomic E-state index is 12.8. The molecular formula is C18H15ClF3N5. The molecule has 0 spiro atoms. The van der Waals surface area contributed by atoms with Crippen molar-refractivity contribution in [3.63, 3.8) is 0 Å². The molecule has 0 bridgehead atoms. The standard InChI is InChI=1S/C18H15ClF3N5/c1-26-10-14(18(20,21)22)25-17(26)12-2-3-15(24-8-12)27-7-5-11-4-6-23-16(19)13(11)9-27/h2-4,6,8,10H,5,7,9H2,1H3. The molecule has 1 aliphatic heterocycles. The van der Waals surface area contributed by atoms with Crippen molar-refractivity contribution in [2.75, 3.05) is 11.4 Å². The summed E-state index contributed by atoms with van der Waals surface area (Å²) in [5.74, 6) is 0.951. The Balaban J connectivity index is 1.59. The maximum Gasteiger partial charge on any atom is 0.434 e. The van der Waals surface area contributed by atoms with Gasteiger partial charge in [0.05, 0.1) is 0 Å². The summed E-state index contributed by atoms with van der Waals surface area (Å²) >= 11 is 6.20. The Bertz CT molecular complexity index is 982. The maximum atomic E-state index is 12.8. The molecule has 9 heteroatoms. The summed E-state index contributed by atoms with van der Waals surface area (Å²) in [6, 6.07) is 5.48. The number of nitrogens with zero attached hydrogens (tertiary/aromatic N) is 5. The highest BCUT2D eigenvalue weighted by molar-refractivity contribution is 6.30. The zero-order valence-corrected chi connectivity index (χ0v) is 15.1. The van der Waals surface area contributed by atoms with Gasteiger partial charge in [-0.15, -0.1) is 0 Å². The molecule has 5 nitrogen and oxygen atoms in total. The van der Waals surface area contributed by atoms with Gasteiger partial charge in [-0.2, -0.15) is 13.2 Å². The molecular weight excluding hydrogens is 379 g/mol. The second kappa shape index (κ2) is 6.53. The van der Waals surface area contributed by atoms with Crippen LogP contribution in [0.1, 0.15) is 16.8 Å². The number of hydrogen-bond donors (Lipinski definition) is 0. The Kier molecular flexibility index (Phi) is 4.30. The van der Waals surface area contributed by atoms with Gasteiger partial charge in [-0.3, -0.25) is 0 Å². The highest BCUT2D eigenvalue weighted by Gasteiger charge is 2.34. The van der Waals surface area contributed by atoms with Crippen molar-refractivity contribution in [1.82, 2.24) is 19.5 Å². The van der Waals surface area contributed by atoms with E-state index in [0.717, 1.165) is 30.5 Å². The van der Waals surface area contributed by atoms with E-state index in [0.29, 0.717) is 17.3 Å². The first-order chi connectivity index (χ1) is 12.8. The second-order valence-electron chi connectivity index (χ2n) is 6.37. The third kappa shape index (κ3) is 3.37. The zero-order chi connectivity index (χ0) is 19.2. The molecule has 0 amide bonds. The number of fused-ring (bicyclic) bond motifs is 1. The Morgan fingerprint density at radius 3 is 2.63 bits per heavy atom. The lowest BCUT2D eigenvalue weighted by molar-refractivity contribution is -0.140. The summed E-state index contributed by atoms with van der Waals surface area (Å²) in [4.78, 5) is 14.3. The molecule has 0 aliphatic carbocycles. The van der Waals surface area contributed by atoms with Crippen LogP contribution < -0.4 is 4.90 Å². The van der Waals surface area contributed by atoms with E-state index in [-0.39, 0.29) is 5.82 Å². The molecule has 0 N–H and O–H groups in total. The lowest BCUT2D eigenvalue weighted by atomic mass is 10.0. The molecule has 140 valence electrons. The normalized spacial score (nSPS) is 14.3. The van der Waals surface area contributed by atoms with Gasteiger partial charge < -0.3 is 9.47 Å². The van der Waals surface area contributed by atoms with E-state index in [1.54, 1.807) is 18.3 Å². The molecule has 0 atom stereocenters. The minimum absolute atomic E-state index is 0.220. The van der Waals surface area contributed by atoms with Crippen LogP contribution in [0.25, 0.3) is 11.4 Å². The van der Waals surface area contributed by atoms with Gasteiger partial charge in [0.15, 0.2) is 5.69 Å². The smallest absolute Gasteiger partial charge is 0.352 e. The van der Waals surface area contributed by atoms with Crippen LogP contribution in [-0.4, -0.2) is 26.1 Å². The predicted molar refractivity (Wildman–Crippen MR) is 95.4 cm³/mol. The molecule has 0 radical (unpaired) electrons. The second-order valence-corrected chi connectivity index (χ2v) is 6.73. The molecule has 4 rings (SSSR count). The van der Waals surface area contributed by atoms with Gasteiger partial charge in [0, 0.05) is 49.9 Å². The number of alkyl halides is 3. The predicted octanol–water partition coefficient (Wildman–Crippen LogP) is 4.11. The molecule has 3 aromatic rings. The largest absolute Gasteiger partial charge is 0.434 e. The lowest BCUT2D eigenvalue weighted by Gasteiger charge is -2.30. The van der Waals surface area contributed by atoms with E-state index in [4.69, 9.17) is 11.6 Å². The monoisotopic (exact) mass is 393 g/mol. The third-order valence-corrected chi connectivity index (χ3v) is 4.92. The Morgan fingerprint density at radius 1 is 1.15 bits per heavy atom. The van der Waals surface area contributed by atoms with Gasteiger partial charge in [-0.25, -0.2) is 15.0 Å². The average molecular weight is 394 g/mol. The van der Waals surface area contributed by atoms with Crippen LogP contribution in [0.2, 0.25) is 5.15 Å². The summed E-state index contributed by atoms with van der Waals surface area (Å²) in [7, 11) is 1.53. The van der Waals surface area contributed by atoms with Gasteiger partial charge in [-0.05, 0) is 30.2 Å². The van der Waals surface area contributed by atoms with E-state index < -0.39 is 11.9 Å². The topological polar surface area (TPSA) is 46.8 Å². The van der Waals surface area contributed by atoms with Crippen molar-refractivity contribution in [1.29, 1.82) is 0 Å². The Morgan fingerprint density at radius 2 is 1.96 bits per heavy atom. The quantitative estimate of drug-likeness (QED) is 0.615. The van der Waals surface area contributed by atoms with Crippen molar-refractivity contribution in [3.8, 4) is 11.4 Å². The van der Waals surface area contributed by atoms with Crippen LogP contribution in [0, 0.1) is 0 Å². The van der Waals surface area contributed by atoms with E-state index in [1.807, 2.05) is 6.07 Å². The molecule has 4 heterocycles. The van der Waals surface area contributed by atoms with Gasteiger partial charge in [0.25, 0.3) is 0 Å². The number of aromatic nitrogens is 4. The molecule has 3 aromatic heterocycles. The van der Waals surface area contributed by atoms with E-state index in [9.17, 15) is 13.2 Å². The van der Waals surface area contributed by atoms with Crippen LogP contribution >= 0.6 is 11.6 Å². The number of aryl methyl sites for hydroxylation is 1. The molecule has 0 unspecified atom stereocenters. The number of hydrogen-bond acceptors (Lipinski definition) is 4. The summed E-state index contributed by atoms with van der Waals surface area (Å²) < 4.78 is 39.9. The first-order valence-electron chi connectivity index (χ1n) is 8.27. The van der Waals surface area contributed by atoms with Crippen LogP contribution in [0.3, 0.4) is 0 Å². The van der Waals surface area contributed by atoms with Crippen LogP contribution in [0.5, 0.6) is 0 Å². The van der Waals surface area contributed by atoms with E-state index >= 15 is 0 Å². The first-order valence-corrected chi connectivity index (χ1v) is 8.65. The summed E-state index contributed by atoms with van der Waals surface area (Å²) in [5, 5.41) is 0.488. The number of pyridine rings is 2. The van der Waals surface area contributed by atoms with Crippen LogP contribution in [0.15, 0.2) is 36.8 Å². The minimum Gasteiger partial charge on any atom is -0.352 e. The third-order valence-electron chi connectivity index (χ3n) is 4.60. The van der Waals surface area contributed by atoms with Crippen LogP contribution in [-0.2, 0) is 26.2 Å². The Hall–Kier alpha value is -2.61. The fraction of sp³-hybridized carbons (Fsp3) is 0.278. The van der Waals surface area contributed by atoms with Gasteiger partial charge in [-0.1, -0.05) is 11.6 Å². The fourth-order valence-corrected chi connectivity index (χ4v) is 3.44. The summed E-state index contributed by atoms with van der Waals surface area (Å²) in [6.45, 7) is 1.37. The van der Waals surface area contributed by atoms with Crippen molar-refractivity contribution in [2.45, 2.75) is 19.1 Å². The number of halogens is 4. The number of imidazole rings is 1. The van der Waals surface area contributed by atoms with E-state index in [2.05, 4.69) is 19.9 Å². The molecule has 0 aromatic carbocycles. The fourth-order valence-electron chi connectivity index (χ4n) is 3.20. The SMILES string of the molecule is Cn1cc(C(F)(F)F)nc1-c1ccc(N2CCc3ccnc(Cl)c3C2)nc1. The van der Waals surface area contributed by atoms with Gasteiger partial charge >= 0.3 is 6.18 Å². The zero-order valence-electron chi connectivity index (χ0n) is 14.3. The van der Waals surface area contributed by atoms with Gasteiger partial charge in [0.2, 0.25) is 0 Å². The average Bonchev–Trinajstić information content (AvgIpc) is 3.04. The van der Waals surface area contributed by atoms with Crippen LogP contribution in [0.4, 0.5) is 19.0 Å². The molecule has 27 heavy (non-hydrogen) atoms. The van der Waals surface area contributed by atoms with E-state index in [1.165, 1.54) is 23.4 Å². The molecule has 1 aliphatic rings. The van der Waals surface area contributed by atoms with Crippen molar-refractivity contribution in [3.05, 3.63) is 58.8 Å². The van der Waals surface area contributed by atoms with Crippen molar-refractivity contribution in [2.24, 2.45) is 7.05 Å². The first kappa shape index (κ1) is 17.8. The highest BCUT2D eigenvalue weighted by Crippen LogP contribution is 2.31. The lowest BCUT2D eigenvalue weighted by Crippen LogP contribution is -2.31. The van der Waals surface area contributed by atoms with Gasteiger partial charge in [0.1, 0.15) is 16.8 Å². The highest BCUT2D eigenvalue weighted by atomic mass is 35.5. The summed E-state index contributed by atoms with van der Waals surface area (Å²) in [6.07, 6.45) is 0.567. The molecule has 0 fully saturated rings. The number of anilines is 1. The van der Waals surface area contributed by atoms with Crippen molar-refractivity contribution < 1.29 is 13.2 Å². The minimum atomic E-state index is -4.47. The Labute approximate surface area is 158 Å². The molecule has 0 saturated heterocycles. The molecule has 0 saturated carbocycles. The number of rotatable bonds is 2.